The molecule has 0 unspecified atom stereocenters. The van der Waals surface area contributed by atoms with Crippen LogP contribution in [0.4, 0.5) is 22.0 Å². The van der Waals surface area contributed by atoms with Crippen LogP contribution < -0.4 is 25.8 Å². The molecule has 0 bridgehead atoms. The van der Waals surface area contributed by atoms with Gasteiger partial charge in [0.05, 0.1) is 25.0 Å². The fourth-order valence-electron chi connectivity index (χ4n) is 4.35. The maximum absolute atomic E-state index is 12.7. The van der Waals surface area contributed by atoms with Crippen molar-refractivity contribution < 1.29 is 19.1 Å². The molecular formula is C25H35N7O4. The zero-order chi connectivity index (χ0) is 25.3. The highest BCUT2D eigenvalue weighted by Crippen LogP contribution is 2.32. The molecular weight excluding hydrogens is 462 g/mol. The predicted molar refractivity (Wildman–Crippen MR) is 138 cm³/mol. The molecule has 0 saturated carbocycles. The number of carbonyl (C=O) groups is 2. The van der Waals surface area contributed by atoms with Gasteiger partial charge in [-0.15, -0.1) is 0 Å². The van der Waals surface area contributed by atoms with Crippen LogP contribution in [0.25, 0.3) is 11.4 Å². The van der Waals surface area contributed by atoms with E-state index in [0.29, 0.717) is 43.7 Å². The summed E-state index contributed by atoms with van der Waals surface area (Å²) in [5.41, 5.74) is 2.34. The van der Waals surface area contributed by atoms with Crippen LogP contribution in [0.1, 0.15) is 12.8 Å². The number of fused-ring (bicyclic) bond motifs is 1. The van der Waals surface area contributed by atoms with Crippen LogP contribution in [0.5, 0.6) is 0 Å². The molecule has 1 aromatic heterocycles. The van der Waals surface area contributed by atoms with Crippen LogP contribution in [0.3, 0.4) is 0 Å². The molecule has 3 N–H and O–H groups in total. The van der Waals surface area contributed by atoms with Crippen LogP contribution in [0.2, 0.25) is 0 Å². The molecule has 1 fully saturated rings. The number of anilines is 3. The van der Waals surface area contributed by atoms with E-state index >= 15 is 0 Å². The highest BCUT2D eigenvalue weighted by atomic mass is 16.5. The van der Waals surface area contributed by atoms with Crippen LogP contribution in [-0.2, 0) is 14.3 Å². The largest absolute Gasteiger partial charge is 0.383 e. The lowest BCUT2D eigenvalue weighted by atomic mass is 10.0. The normalized spacial score (nSPS) is 15.8. The number of ether oxygens (including phenoxy) is 2. The Morgan fingerprint density at radius 1 is 1.14 bits per heavy atom. The number of nitrogens with zero attached hydrogens (tertiary/aromatic N) is 4. The Morgan fingerprint density at radius 2 is 1.89 bits per heavy atom. The third-order valence-electron chi connectivity index (χ3n) is 6.49. The van der Waals surface area contributed by atoms with Crippen molar-refractivity contribution in [2.75, 3.05) is 81.8 Å². The molecule has 1 aromatic carbocycles. The van der Waals surface area contributed by atoms with Gasteiger partial charge in [0.2, 0.25) is 5.91 Å². The van der Waals surface area contributed by atoms with E-state index in [4.69, 9.17) is 14.5 Å². The van der Waals surface area contributed by atoms with Crippen molar-refractivity contribution in [3.05, 3.63) is 30.5 Å². The van der Waals surface area contributed by atoms with E-state index in [1.165, 1.54) is 0 Å². The Balaban J connectivity index is 1.48. The van der Waals surface area contributed by atoms with Gasteiger partial charge in [-0.05, 0) is 43.0 Å². The predicted octanol–water partition coefficient (Wildman–Crippen LogP) is 1.71. The zero-order valence-electron chi connectivity index (χ0n) is 21.0. The minimum atomic E-state index is -0.279. The summed E-state index contributed by atoms with van der Waals surface area (Å²) >= 11 is 0. The molecule has 3 heterocycles. The van der Waals surface area contributed by atoms with Gasteiger partial charge in [-0.25, -0.2) is 14.8 Å². The topological polar surface area (TPSA) is 121 Å². The second-order valence-corrected chi connectivity index (χ2v) is 8.95. The van der Waals surface area contributed by atoms with E-state index in [9.17, 15) is 9.59 Å². The molecule has 11 heteroatoms. The maximum atomic E-state index is 12.7. The fraction of sp³-hybridized carbons (Fsp3) is 0.520. The number of rotatable bonds is 9. The number of carbonyl (C=O) groups excluding carboxylic acids is 2. The van der Waals surface area contributed by atoms with Crippen molar-refractivity contribution in [1.29, 1.82) is 0 Å². The third-order valence-corrected chi connectivity index (χ3v) is 6.49. The summed E-state index contributed by atoms with van der Waals surface area (Å²) in [5.74, 6) is 1.84. The molecule has 2 aliphatic rings. The first-order chi connectivity index (χ1) is 17.6. The summed E-state index contributed by atoms with van der Waals surface area (Å²) in [4.78, 5) is 38.0. The molecule has 36 heavy (non-hydrogen) atoms. The lowest BCUT2D eigenvalue weighted by molar-refractivity contribution is -0.120. The van der Waals surface area contributed by atoms with E-state index in [-0.39, 0.29) is 18.5 Å². The van der Waals surface area contributed by atoms with Gasteiger partial charge in [0.15, 0.2) is 11.6 Å². The number of benzene rings is 1. The van der Waals surface area contributed by atoms with Crippen LogP contribution in [0.15, 0.2) is 30.5 Å². The minimum Gasteiger partial charge on any atom is -0.383 e. The van der Waals surface area contributed by atoms with E-state index in [2.05, 4.69) is 25.8 Å². The van der Waals surface area contributed by atoms with Gasteiger partial charge in [-0.2, -0.15) is 0 Å². The highest BCUT2D eigenvalue weighted by Gasteiger charge is 2.27. The van der Waals surface area contributed by atoms with E-state index in [1.807, 2.05) is 29.2 Å². The second kappa shape index (κ2) is 12.5. The summed E-state index contributed by atoms with van der Waals surface area (Å²) in [6.07, 6.45) is 3.76. The Labute approximate surface area is 211 Å². The number of urea groups is 1. The summed E-state index contributed by atoms with van der Waals surface area (Å²) in [5, 5.41) is 8.36. The van der Waals surface area contributed by atoms with Gasteiger partial charge in [0.1, 0.15) is 0 Å². The Bertz CT molecular complexity index is 1030. The van der Waals surface area contributed by atoms with Gasteiger partial charge in [-0.1, -0.05) is 0 Å². The molecule has 2 aliphatic heterocycles. The number of aromatic nitrogens is 2. The molecule has 0 aliphatic carbocycles. The number of methoxy groups -OCH3 is 1. The maximum Gasteiger partial charge on any atom is 0.318 e. The van der Waals surface area contributed by atoms with Crippen LogP contribution in [-0.4, -0.2) is 88.6 Å². The van der Waals surface area contributed by atoms with E-state index in [1.54, 1.807) is 20.4 Å². The van der Waals surface area contributed by atoms with Crippen molar-refractivity contribution in [1.82, 2.24) is 20.6 Å². The first-order valence-corrected chi connectivity index (χ1v) is 12.4. The van der Waals surface area contributed by atoms with Gasteiger partial charge in [0.25, 0.3) is 0 Å². The molecule has 0 atom stereocenters. The summed E-state index contributed by atoms with van der Waals surface area (Å²) in [7, 11) is 3.25. The van der Waals surface area contributed by atoms with Crippen molar-refractivity contribution >= 4 is 29.1 Å². The zero-order valence-corrected chi connectivity index (χ0v) is 21.0. The highest BCUT2D eigenvalue weighted by molar-refractivity contribution is 5.89. The Kier molecular flexibility index (Phi) is 8.90. The Hall–Kier alpha value is -3.44. The lowest BCUT2D eigenvalue weighted by Gasteiger charge is -2.37. The summed E-state index contributed by atoms with van der Waals surface area (Å²) in [6, 6.07) is 7.09. The average molecular weight is 498 g/mol. The SMILES string of the molecule is CNC(=O)Nc1ccc(-c2ncc3c(n2)N(CCOC)CCN3CC(=O)NCC2CCOCC2)cc1. The van der Waals surface area contributed by atoms with Crippen LogP contribution >= 0.6 is 0 Å². The van der Waals surface area contributed by atoms with Crippen molar-refractivity contribution in [3.63, 3.8) is 0 Å². The molecule has 11 nitrogen and oxygen atoms in total. The van der Waals surface area contributed by atoms with Crippen molar-refractivity contribution in [2.24, 2.45) is 5.92 Å². The molecule has 0 radical (unpaired) electrons. The molecule has 194 valence electrons. The first-order valence-electron chi connectivity index (χ1n) is 12.4. The summed E-state index contributed by atoms with van der Waals surface area (Å²) < 4.78 is 10.7. The quantitative estimate of drug-likeness (QED) is 0.479. The number of amides is 3. The van der Waals surface area contributed by atoms with Crippen LogP contribution in [0, 0.1) is 5.92 Å². The summed E-state index contributed by atoms with van der Waals surface area (Å²) in [6.45, 7) is 5.18. The number of hydrogen-bond donors (Lipinski definition) is 3. The minimum absolute atomic E-state index is 0.000986. The lowest BCUT2D eigenvalue weighted by Crippen LogP contribution is -2.47. The molecule has 4 rings (SSSR count). The van der Waals surface area contributed by atoms with Gasteiger partial charge >= 0.3 is 6.03 Å². The Morgan fingerprint density at radius 3 is 2.61 bits per heavy atom. The fourth-order valence-corrected chi connectivity index (χ4v) is 4.35. The van der Waals surface area contributed by atoms with Crippen molar-refractivity contribution in [2.45, 2.75) is 12.8 Å². The molecule has 3 amide bonds. The molecule has 2 aromatic rings. The van der Waals surface area contributed by atoms with Gasteiger partial charge in [0, 0.05) is 64.8 Å². The average Bonchev–Trinajstić information content (AvgIpc) is 2.92. The van der Waals surface area contributed by atoms with E-state index in [0.717, 1.165) is 49.7 Å². The number of hydrogen-bond acceptors (Lipinski definition) is 8. The van der Waals surface area contributed by atoms with Gasteiger partial charge in [-0.3, -0.25) is 4.79 Å². The van der Waals surface area contributed by atoms with Crippen molar-refractivity contribution in [3.8, 4) is 11.4 Å². The standard InChI is InChI=1S/C25H35N7O4/c1-26-25(34)29-20-5-3-19(4-6-20)23-28-16-21-24(30-23)31(11-14-35-2)9-10-32(21)17-22(33)27-15-18-7-12-36-13-8-18/h3-6,16,18H,7-15,17H2,1-2H3,(H,27,33)(H2,26,29,34). The van der Waals surface area contributed by atoms with Gasteiger partial charge < -0.3 is 35.2 Å². The molecule has 0 spiro atoms. The second-order valence-electron chi connectivity index (χ2n) is 8.95. The first kappa shape index (κ1) is 25.6. The third kappa shape index (κ3) is 6.61. The van der Waals surface area contributed by atoms with E-state index < -0.39 is 0 Å². The number of nitrogens with one attached hydrogen (secondary N) is 3. The molecule has 1 saturated heterocycles. The monoisotopic (exact) mass is 497 g/mol. The smallest absolute Gasteiger partial charge is 0.318 e.